The summed E-state index contributed by atoms with van der Waals surface area (Å²) in [6.07, 6.45) is 3.64. The van der Waals surface area contributed by atoms with Gasteiger partial charge in [0, 0.05) is 23.5 Å². The Morgan fingerprint density at radius 3 is 2.47 bits per heavy atom. The van der Waals surface area contributed by atoms with Crippen molar-refractivity contribution in [2.24, 2.45) is 0 Å². The van der Waals surface area contributed by atoms with Gasteiger partial charge >= 0.3 is 0 Å². The number of aromatic nitrogens is 2. The van der Waals surface area contributed by atoms with Crippen LogP contribution in [0.4, 0.5) is 0 Å². The zero-order valence-corrected chi connectivity index (χ0v) is 9.89. The molecule has 2 aromatic heterocycles. The molecular weight excluding hydrogens is 228 g/mol. The van der Waals surface area contributed by atoms with Gasteiger partial charge in [-0.05, 0) is 23.7 Å². The molecule has 3 heteroatoms. The molecule has 0 aliphatic rings. The topological polar surface area (TPSA) is 25.8 Å². The Hall–Kier alpha value is -2.00. The van der Waals surface area contributed by atoms with Crippen LogP contribution in [0.5, 0.6) is 0 Å². The molecule has 0 radical (unpaired) electrons. The summed E-state index contributed by atoms with van der Waals surface area (Å²) in [4.78, 5) is 5.27. The first-order valence-electron chi connectivity index (χ1n) is 5.36. The molecule has 0 N–H and O–H groups in total. The fourth-order valence-corrected chi connectivity index (χ4v) is 2.41. The molecular formula is C14H10N2S. The van der Waals surface area contributed by atoms with Crippen LogP contribution in [0.15, 0.2) is 60.9 Å². The highest BCUT2D eigenvalue weighted by molar-refractivity contribution is 7.09. The smallest absolute Gasteiger partial charge is 0.0847 e. The van der Waals surface area contributed by atoms with Crippen molar-refractivity contribution >= 4 is 11.5 Å². The highest BCUT2D eigenvalue weighted by atomic mass is 32.1. The van der Waals surface area contributed by atoms with Crippen molar-refractivity contribution in [3.63, 3.8) is 0 Å². The lowest BCUT2D eigenvalue weighted by Gasteiger charge is -1.94. The predicted octanol–water partition coefficient (Wildman–Crippen LogP) is 3.87. The Morgan fingerprint density at radius 1 is 0.882 bits per heavy atom. The van der Waals surface area contributed by atoms with Gasteiger partial charge in [0.15, 0.2) is 0 Å². The van der Waals surface area contributed by atoms with E-state index in [1.165, 1.54) is 11.5 Å². The van der Waals surface area contributed by atoms with E-state index < -0.39 is 0 Å². The molecule has 2 nitrogen and oxygen atoms in total. The zero-order chi connectivity index (χ0) is 11.5. The monoisotopic (exact) mass is 238 g/mol. The predicted molar refractivity (Wildman–Crippen MR) is 70.8 cm³/mol. The van der Waals surface area contributed by atoms with Crippen LogP contribution in [-0.4, -0.2) is 9.36 Å². The summed E-state index contributed by atoms with van der Waals surface area (Å²) in [5.41, 5.74) is 3.29. The van der Waals surface area contributed by atoms with Crippen LogP contribution in [-0.2, 0) is 0 Å². The molecule has 0 unspecified atom stereocenters. The Bertz CT molecular complexity index is 548. The average Bonchev–Trinajstić information content (AvgIpc) is 2.90. The number of hydrogen-bond acceptors (Lipinski definition) is 3. The molecule has 1 aromatic carbocycles. The maximum absolute atomic E-state index is 4.48. The normalized spacial score (nSPS) is 10.4. The second kappa shape index (κ2) is 4.47. The fourth-order valence-electron chi connectivity index (χ4n) is 1.66. The van der Waals surface area contributed by atoms with Crippen molar-refractivity contribution in [3.05, 3.63) is 60.9 Å². The quantitative estimate of drug-likeness (QED) is 0.677. The van der Waals surface area contributed by atoms with Crippen LogP contribution in [0.3, 0.4) is 0 Å². The van der Waals surface area contributed by atoms with E-state index in [-0.39, 0.29) is 0 Å². The van der Waals surface area contributed by atoms with E-state index in [1.54, 1.807) is 6.20 Å². The first kappa shape index (κ1) is 10.2. The van der Waals surface area contributed by atoms with Crippen LogP contribution >= 0.6 is 11.5 Å². The van der Waals surface area contributed by atoms with Gasteiger partial charge in [-0.3, -0.25) is 4.98 Å². The second-order valence-corrected chi connectivity index (χ2v) is 4.49. The first-order chi connectivity index (χ1) is 8.43. The van der Waals surface area contributed by atoms with Gasteiger partial charge in [-0.1, -0.05) is 36.4 Å². The minimum atomic E-state index is 1.02. The van der Waals surface area contributed by atoms with E-state index in [4.69, 9.17) is 0 Å². The summed E-state index contributed by atoms with van der Waals surface area (Å²) >= 11 is 1.51. The van der Waals surface area contributed by atoms with Crippen LogP contribution in [0, 0.1) is 0 Å². The van der Waals surface area contributed by atoms with Gasteiger partial charge in [0.25, 0.3) is 0 Å². The molecule has 0 fully saturated rings. The van der Waals surface area contributed by atoms with E-state index >= 15 is 0 Å². The van der Waals surface area contributed by atoms with Crippen molar-refractivity contribution in [2.75, 3.05) is 0 Å². The zero-order valence-electron chi connectivity index (χ0n) is 9.08. The number of hydrogen-bond donors (Lipinski definition) is 0. The summed E-state index contributed by atoms with van der Waals surface area (Å²) in [6.45, 7) is 0. The van der Waals surface area contributed by atoms with Crippen LogP contribution in [0.25, 0.3) is 21.7 Å². The number of benzene rings is 1. The van der Waals surface area contributed by atoms with Gasteiger partial charge in [0.05, 0.1) is 10.6 Å². The van der Waals surface area contributed by atoms with Gasteiger partial charge in [-0.2, -0.15) is 4.37 Å². The fraction of sp³-hybridized carbons (Fsp3) is 0. The summed E-state index contributed by atoms with van der Waals surface area (Å²) in [7, 11) is 0. The SMILES string of the molecule is c1ccc(-c2cc(-c3cccnc3)sn2)cc1. The van der Waals surface area contributed by atoms with Crippen molar-refractivity contribution in [3.8, 4) is 21.7 Å². The summed E-state index contributed by atoms with van der Waals surface area (Å²) in [6, 6.07) is 16.3. The lowest BCUT2D eigenvalue weighted by molar-refractivity contribution is 1.33. The Labute approximate surface area is 104 Å². The van der Waals surface area contributed by atoms with Crippen LogP contribution in [0.1, 0.15) is 0 Å². The molecule has 0 saturated heterocycles. The van der Waals surface area contributed by atoms with E-state index in [0.717, 1.165) is 21.7 Å². The van der Waals surface area contributed by atoms with Crippen molar-refractivity contribution < 1.29 is 0 Å². The summed E-state index contributed by atoms with van der Waals surface area (Å²) in [5, 5.41) is 0. The average molecular weight is 238 g/mol. The van der Waals surface area contributed by atoms with Gasteiger partial charge in [-0.25, -0.2) is 0 Å². The van der Waals surface area contributed by atoms with E-state index in [0.29, 0.717) is 0 Å². The molecule has 0 atom stereocenters. The Kier molecular flexibility index (Phi) is 2.68. The maximum Gasteiger partial charge on any atom is 0.0847 e. The van der Waals surface area contributed by atoms with E-state index in [1.807, 2.05) is 30.5 Å². The standard InChI is InChI=1S/C14H10N2S/c1-2-5-11(6-3-1)13-9-14(17-16-13)12-7-4-8-15-10-12/h1-10H. The summed E-state index contributed by atoms with van der Waals surface area (Å²) in [5.74, 6) is 0. The highest BCUT2D eigenvalue weighted by Crippen LogP contribution is 2.28. The van der Waals surface area contributed by atoms with E-state index in [9.17, 15) is 0 Å². The number of pyridine rings is 1. The molecule has 0 spiro atoms. The molecule has 3 aromatic rings. The lowest BCUT2D eigenvalue weighted by Crippen LogP contribution is -1.75. The molecule has 82 valence electrons. The third-order valence-corrected chi connectivity index (χ3v) is 3.36. The molecule has 0 aliphatic heterocycles. The van der Waals surface area contributed by atoms with Crippen LogP contribution < -0.4 is 0 Å². The summed E-state index contributed by atoms with van der Waals surface area (Å²) < 4.78 is 4.48. The third kappa shape index (κ3) is 2.10. The molecule has 0 saturated carbocycles. The largest absolute Gasteiger partial charge is 0.264 e. The van der Waals surface area contributed by atoms with Gasteiger partial charge in [-0.15, -0.1) is 0 Å². The number of nitrogens with zero attached hydrogens (tertiary/aromatic N) is 2. The van der Waals surface area contributed by atoms with Crippen molar-refractivity contribution in [2.45, 2.75) is 0 Å². The minimum Gasteiger partial charge on any atom is -0.264 e. The van der Waals surface area contributed by atoms with Crippen molar-refractivity contribution in [1.82, 2.24) is 9.36 Å². The molecule has 2 heterocycles. The van der Waals surface area contributed by atoms with Crippen LogP contribution in [0.2, 0.25) is 0 Å². The van der Waals surface area contributed by atoms with Crippen molar-refractivity contribution in [1.29, 1.82) is 0 Å². The van der Waals surface area contributed by atoms with E-state index in [2.05, 4.69) is 33.6 Å². The van der Waals surface area contributed by atoms with Gasteiger partial charge in [0.1, 0.15) is 0 Å². The highest BCUT2D eigenvalue weighted by Gasteiger charge is 2.05. The number of rotatable bonds is 2. The molecule has 3 rings (SSSR count). The van der Waals surface area contributed by atoms with Gasteiger partial charge in [0.2, 0.25) is 0 Å². The molecule has 0 aliphatic carbocycles. The second-order valence-electron chi connectivity index (χ2n) is 3.68. The minimum absolute atomic E-state index is 1.02. The maximum atomic E-state index is 4.48. The Morgan fingerprint density at radius 2 is 1.71 bits per heavy atom. The Balaban J connectivity index is 1.99. The first-order valence-corrected chi connectivity index (χ1v) is 6.13. The molecule has 0 amide bonds. The third-order valence-electron chi connectivity index (χ3n) is 2.53. The molecule has 17 heavy (non-hydrogen) atoms. The molecule has 0 bridgehead atoms. The lowest BCUT2D eigenvalue weighted by atomic mass is 10.1. The van der Waals surface area contributed by atoms with Gasteiger partial charge < -0.3 is 0 Å².